The van der Waals surface area contributed by atoms with Crippen LogP contribution in [0.1, 0.15) is 24.5 Å². The summed E-state index contributed by atoms with van der Waals surface area (Å²) in [5.74, 6) is -0.0536. The number of aliphatic hydroxyl groups excluding tert-OH is 1. The van der Waals surface area contributed by atoms with E-state index in [2.05, 4.69) is 4.72 Å². The lowest BCUT2D eigenvalue weighted by molar-refractivity contribution is 0.117. The summed E-state index contributed by atoms with van der Waals surface area (Å²) in [5.41, 5.74) is 1.48. The molecule has 2 unspecified atom stereocenters. The summed E-state index contributed by atoms with van der Waals surface area (Å²) in [6.45, 7) is 2.43. The maximum atomic E-state index is 12.0. The minimum Gasteiger partial charge on any atom is -0.392 e. The quantitative estimate of drug-likeness (QED) is 0.838. The van der Waals surface area contributed by atoms with Crippen LogP contribution in [0.25, 0.3) is 0 Å². The van der Waals surface area contributed by atoms with Crippen molar-refractivity contribution < 1.29 is 18.3 Å². The molecule has 1 heterocycles. The van der Waals surface area contributed by atoms with Crippen molar-refractivity contribution in [3.8, 4) is 0 Å². The van der Waals surface area contributed by atoms with Gasteiger partial charge in [-0.2, -0.15) is 0 Å². The summed E-state index contributed by atoms with van der Waals surface area (Å²) < 4.78 is 32.1. The van der Waals surface area contributed by atoms with Crippen LogP contribution in [-0.2, 0) is 27.1 Å². The van der Waals surface area contributed by atoms with Crippen molar-refractivity contribution in [2.24, 2.45) is 0 Å². The second-order valence-corrected chi connectivity index (χ2v) is 6.58. The zero-order chi connectivity index (χ0) is 13.9. The van der Waals surface area contributed by atoms with Gasteiger partial charge in [-0.1, -0.05) is 24.3 Å². The highest BCUT2D eigenvalue weighted by Crippen LogP contribution is 2.15. The highest BCUT2D eigenvalue weighted by Gasteiger charge is 2.28. The molecule has 1 fully saturated rings. The zero-order valence-corrected chi connectivity index (χ0v) is 11.7. The first-order valence-corrected chi connectivity index (χ1v) is 7.96. The fourth-order valence-electron chi connectivity index (χ4n) is 2.12. The molecule has 5 nitrogen and oxygen atoms in total. The number of benzene rings is 1. The molecule has 19 heavy (non-hydrogen) atoms. The van der Waals surface area contributed by atoms with Crippen LogP contribution in [0, 0.1) is 0 Å². The number of rotatable bonds is 5. The van der Waals surface area contributed by atoms with Gasteiger partial charge in [-0.05, 0) is 24.5 Å². The van der Waals surface area contributed by atoms with Gasteiger partial charge in [0.15, 0.2) is 0 Å². The van der Waals surface area contributed by atoms with Crippen molar-refractivity contribution in [2.75, 3.05) is 6.61 Å². The molecule has 1 aliphatic heterocycles. The van der Waals surface area contributed by atoms with E-state index in [9.17, 15) is 8.42 Å². The molecule has 2 atom stereocenters. The van der Waals surface area contributed by atoms with E-state index in [1.54, 1.807) is 24.3 Å². The van der Waals surface area contributed by atoms with Gasteiger partial charge in [0, 0.05) is 12.6 Å². The number of aliphatic hydroxyl groups is 1. The van der Waals surface area contributed by atoms with E-state index < -0.39 is 10.0 Å². The SMILES string of the molecule is CC1OCCC1NS(=O)(=O)Cc1ccc(CO)cc1. The lowest BCUT2D eigenvalue weighted by Gasteiger charge is -2.16. The van der Waals surface area contributed by atoms with E-state index in [-0.39, 0.29) is 24.5 Å². The van der Waals surface area contributed by atoms with Crippen molar-refractivity contribution in [3.05, 3.63) is 35.4 Å². The Balaban J connectivity index is 1.99. The predicted molar refractivity (Wildman–Crippen MR) is 71.9 cm³/mol. The minimum atomic E-state index is -3.36. The average molecular weight is 285 g/mol. The summed E-state index contributed by atoms with van der Waals surface area (Å²) in [7, 11) is -3.36. The molecule has 0 aromatic heterocycles. The van der Waals surface area contributed by atoms with Crippen LogP contribution >= 0.6 is 0 Å². The normalized spacial score (nSPS) is 23.7. The van der Waals surface area contributed by atoms with Crippen molar-refractivity contribution >= 4 is 10.0 Å². The van der Waals surface area contributed by atoms with Crippen molar-refractivity contribution in [1.29, 1.82) is 0 Å². The first-order chi connectivity index (χ1) is 9.00. The topological polar surface area (TPSA) is 75.6 Å². The number of ether oxygens (including phenoxy) is 1. The molecule has 1 saturated heterocycles. The highest BCUT2D eigenvalue weighted by molar-refractivity contribution is 7.88. The molecule has 1 aromatic carbocycles. The van der Waals surface area contributed by atoms with Crippen molar-refractivity contribution in [3.63, 3.8) is 0 Å². The maximum Gasteiger partial charge on any atom is 0.216 e. The van der Waals surface area contributed by atoms with E-state index in [0.29, 0.717) is 18.6 Å². The van der Waals surface area contributed by atoms with Gasteiger partial charge in [-0.15, -0.1) is 0 Å². The van der Waals surface area contributed by atoms with Gasteiger partial charge in [0.05, 0.1) is 18.5 Å². The molecule has 0 saturated carbocycles. The Hall–Kier alpha value is -0.950. The third-order valence-corrected chi connectivity index (χ3v) is 4.64. The molecule has 2 N–H and O–H groups in total. The Kier molecular flexibility index (Phi) is 4.57. The van der Waals surface area contributed by atoms with Crippen LogP contribution in [0.5, 0.6) is 0 Å². The van der Waals surface area contributed by atoms with Crippen LogP contribution < -0.4 is 4.72 Å². The Morgan fingerprint density at radius 2 is 1.95 bits per heavy atom. The van der Waals surface area contributed by atoms with Gasteiger partial charge in [-0.3, -0.25) is 0 Å². The summed E-state index contributed by atoms with van der Waals surface area (Å²) in [6, 6.07) is 6.76. The molecule has 0 bridgehead atoms. The number of hydrogen-bond acceptors (Lipinski definition) is 4. The van der Waals surface area contributed by atoms with Crippen molar-refractivity contribution in [1.82, 2.24) is 4.72 Å². The van der Waals surface area contributed by atoms with Gasteiger partial charge in [0.25, 0.3) is 0 Å². The third-order valence-electron chi connectivity index (χ3n) is 3.27. The number of hydrogen-bond donors (Lipinski definition) is 2. The highest BCUT2D eigenvalue weighted by atomic mass is 32.2. The molecule has 0 amide bonds. The minimum absolute atomic E-state index is 0.0395. The van der Waals surface area contributed by atoms with Crippen LogP contribution in [0.3, 0.4) is 0 Å². The van der Waals surface area contributed by atoms with Gasteiger partial charge >= 0.3 is 0 Å². The van der Waals surface area contributed by atoms with Crippen LogP contribution in [-0.4, -0.2) is 32.3 Å². The number of sulfonamides is 1. The first-order valence-electron chi connectivity index (χ1n) is 6.30. The molecule has 1 aliphatic rings. The van der Waals surface area contributed by atoms with Gasteiger partial charge in [0.2, 0.25) is 10.0 Å². The second kappa shape index (κ2) is 6.00. The largest absolute Gasteiger partial charge is 0.392 e. The zero-order valence-electron chi connectivity index (χ0n) is 10.9. The monoisotopic (exact) mass is 285 g/mol. The Morgan fingerprint density at radius 3 is 2.47 bits per heavy atom. The molecule has 6 heteroatoms. The molecular weight excluding hydrogens is 266 g/mol. The Labute approximate surface area is 113 Å². The second-order valence-electron chi connectivity index (χ2n) is 4.82. The van der Waals surface area contributed by atoms with Gasteiger partial charge in [0.1, 0.15) is 0 Å². The van der Waals surface area contributed by atoms with E-state index in [1.165, 1.54) is 0 Å². The number of nitrogens with one attached hydrogen (secondary N) is 1. The van der Waals surface area contributed by atoms with Gasteiger partial charge < -0.3 is 9.84 Å². The Morgan fingerprint density at radius 1 is 1.32 bits per heavy atom. The average Bonchev–Trinajstić information content (AvgIpc) is 2.75. The summed E-state index contributed by atoms with van der Waals surface area (Å²) in [6.07, 6.45) is 0.635. The molecule has 0 radical (unpaired) electrons. The van der Waals surface area contributed by atoms with E-state index in [1.807, 2.05) is 6.92 Å². The van der Waals surface area contributed by atoms with E-state index >= 15 is 0 Å². The lowest BCUT2D eigenvalue weighted by Crippen LogP contribution is -2.39. The molecular formula is C13H19NO4S. The predicted octanol–water partition coefficient (Wildman–Crippen LogP) is 0.776. The molecule has 1 aromatic rings. The van der Waals surface area contributed by atoms with Crippen LogP contribution in [0.2, 0.25) is 0 Å². The maximum absolute atomic E-state index is 12.0. The fraction of sp³-hybridized carbons (Fsp3) is 0.538. The smallest absolute Gasteiger partial charge is 0.216 e. The standard InChI is InChI=1S/C13H19NO4S/c1-10-13(6-7-18-10)14-19(16,17)9-12-4-2-11(8-15)3-5-12/h2-5,10,13-15H,6-9H2,1H3. The lowest BCUT2D eigenvalue weighted by atomic mass is 10.2. The van der Waals surface area contributed by atoms with Gasteiger partial charge in [-0.25, -0.2) is 13.1 Å². The van der Waals surface area contributed by atoms with Crippen molar-refractivity contribution in [2.45, 2.75) is 37.9 Å². The summed E-state index contributed by atoms with van der Waals surface area (Å²) >= 11 is 0. The summed E-state index contributed by atoms with van der Waals surface area (Å²) in [5, 5.41) is 8.94. The molecule has 0 spiro atoms. The van der Waals surface area contributed by atoms with E-state index in [4.69, 9.17) is 9.84 Å². The van der Waals surface area contributed by atoms with Crippen LogP contribution in [0.4, 0.5) is 0 Å². The summed E-state index contributed by atoms with van der Waals surface area (Å²) in [4.78, 5) is 0. The van der Waals surface area contributed by atoms with Crippen LogP contribution in [0.15, 0.2) is 24.3 Å². The molecule has 0 aliphatic carbocycles. The fourth-order valence-corrected chi connectivity index (χ4v) is 3.60. The Bertz CT molecular complexity index is 512. The van der Waals surface area contributed by atoms with E-state index in [0.717, 1.165) is 5.56 Å². The third kappa shape index (κ3) is 4.01. The first kappa shape index (κ1) is 14.5. The molecule has 2 rings (SSSR count). The molecule has 106 valence electrons.